The summed E-state index contributed by atoms with van der Waals surface area (Å²) in [7, 11) is 0. The largest absolute Gasteiger partial charge is 0.481 e. The number of hydrogen-bond donors (Lipinski definition) is 1. The quantitative estimate of drug-likeness (QED) is 0.841. The molecule has 84 valence electrons. The molecule has 0 saturated carbocycles. The van der Waals surface area contributed by atoms with Gasteiger partial charge in [0, 0.05) is 0 Å². The Morgan fingerprint density at radius 2 is 2.19 bits per heavy atom. The average Bonchev–Trinajstić information content (AvgIpc) is 2.24. The summed E-state index contributed by atoms with van der Waals surface area (Å²) < 4.78 is -0.449. The Morgan fingerprint density at radius 3 is 2.88 bits per heavy atom. The van der Waals surface area contributed by atoms with E-state index in [-0.39, 0.29) is 6.42 Å². The second-order valence-corrected chi connectivity index (χ2v) is 5.69. The van der Waals surface area contributed by atoms with Crippen LogP contribution in [0.15, 0.2) is 30.3 Å². The van der Waals surface area contributed by atoms with Gasteiger partial charge in [-0.25, -0.2) is 0 Å². The first-order chi connectivity index (χ1) is 7.53. The minimum atomic E-state index is -0.778. The van der Waals surface area contributed by atoms with Gasteiger partial charge in [-0.2, -0.15) is 0 Å². The third kappa shape index (κ3) is 1.92. The molecule has 16 heavy (non-hydrogen) atoms. The van der Waals surface area contributed by atoms with Gasteiger partial charge in [-0.15, -0.1) is 0 Å². The van der Waals surface area contributed by atoms with Crippen LogP contribution >= 0.6 is 15.9 Å². The SMILES string of the molecule is CC1=CCC(Br)(CC(=O)O)c2ccccc21. The van der Waals surface area contributed by atoms with Crippen LogP contribution in [-0.2, 0) is 9.12 Å². The lowest BCUT2D eigenvalue weighted by Crippen LogP contribution is -2.25. The molecule has 0 bridgehead atoms. The number of hydrogen-bond acceptors (Lipinski definition) is 1. The molecule has 1 unspecified atom stereocenters. The van der Waals surface area contributed by atoms with Crippen molar-refractivity contribution in [2.24, 2.45) is 0 Å². The molecule has 1 aliphatic rings. The highest BCUT2D eigenvalue weighted by molar-refractivity contribution is 9.09. The lowest BCUT2D eigenvalue weighted by molar-refractivity contribution is -0.137. The fourth-order valence-electron chi connectivity index (χ4n) is 2.16. The zero-order valence-corrected chi connectivity index (χ0v) is 10.6. The summed E-state index contributed by atoms with van der Waals surface area (Å²) in [5.74, 6) is -0.778. The van der Waals surface area contributed by atoms with Gasteiger partial charge in [0.2, 0.25) is 0 Å². The molecule has 0 fully saturated rings. The minimum Gasteiger partial charge on any atom is -0.481 e. The van der Waals surface area contributed by atoms with Gasteiger partial charge < -0.3 is 5.11 Å². The van der Waals surface area contributed by atoms with Gasteiger partial charge in [-0.1, -0.05) is 46.3 Å². The maximum atomic E-state index is 10.9. The summed E-state index contributed by atoms with van der Waals surface area (Å²) in [6.07, 6.45) is 2.93. The Bertz CT molecular complexity index is 465. The van der Waals surface area contributed by atoms with Crippen molar-refractivity contribution in [1.82, 2.24) is 0 Å². The van der Waals surface area contributed by atoms with E-state index in [2.05, 4.69) is 28.9 Å². The van der Waals surface area contributed by atoms with Gasteiger partial charge in [-0.3, -0.25) is 4.79 Å². The number of carboxylic acids is 1. The van der Waals surface area contributed by atoms with Crippen LogP contribution in [0.4, 0.5) is 0 Å². The molecule has 1 aromatic carbocycles. The monoisotopic (exact) mass is 280 g/mol. The summed E-state index contributed by atoms with van der Waals surface area (Å²) in [5.41, 5.74) is 3.44. The number of rotatable bonds is 2. The first-order valence-corrected chi connectivity index (χ1v) is 5.99. The first-order valence-electron chi connectivity index (χ1n) is 5.20. The van der Waals surface area contributed by atoms with E-state index in [0.29, 0.717) is 0 Å². The van der Waals surface area contributed by atoms with Gasteiger partial charge in [-0.05, 0) is 30.0 Å². The standard InChI is InChI=1S/C13H13BrO2/c1-9-6-7-13(14,8-12(15)16)11-5-3-2-4-10(9)11/h2-6H,7-8H2,1H3,(H,15,16). The predicted octanol–water partition coefficient (Wildman–Crippen LogP) is 3.56. The van der Waals surface area contributed by atoms with E-state index in [1.807, 2.05) is 24.3 Å². The minimum absolute atomic E-state index is 0.105. The fourth-order valence-corrected chi connectivity index (χ4v) is 2.91. The number of carbonyl (C=O) groups is 1. The second-order valence-electron chi connectivity index (χ2n) is 4.17. The van der Waals surface area contributed by atoms with Crippen LogP contribution in [-0.4, -0.2) is 11.1 Å². The summed E-state index contributed by atoms with van der Waals surface area (Å²) in [5, 5.41) is 8.97. The van der Waals surface area contributed by atoms with Crippen molar-refractivity contribution in [2.75, 3.05) is 0 Å². The zero-order chi connectivity index (χ0) is 11.8. The summed E-state index contributed by atoms with van der Waals surface area (Å²) in [6.45, 7) is 2.06. The van der Waals surface area contributed by atoms with E-state index in [1.165, 1.54) is 5.57 Å². The summed E-state index contributed by atoms with van der Waals surface area (Å²) >= 11 is 3.60. The lowest BCUT2D eigenvalue weighted by atomic mass is 9.81. The van der Waals surface area contributed by atoms with Crippen LogP contribution in [0.2, 0.25) is 0 Å². The molecule has 1 aromatic rings. The molecule has 0 amide bonds. The number of fused-ring (bicyclic) bond motifs is 1. The number of benzene rings is 1. The number of halogens is 1. The Morgan fingerprint density at radius 1 is 1.50 bits per heavy atom. The zero-order valence-electron chi connectivity index (χ0n) is 9.03. The van der Waals surface area contributed by atoms with Crippen molar-refractivity contribution < 1.29 is 9.90 Å². The van der Waals surface area contributed by atoms with Gasteiger partial charge in [0.25, 0.3) is 0 Å². The topological polar surface area (TPSA) is 37.3 Å². The van der Waals surface area contributed by atoms with E-state index >= 15 is 0 Å². The van der Waals surface area contributed by atoms with Crippen molar-refractivity contribution in [2.45, 2.75) is 24.1 Å². The molecule has 0 radical (unpaired) electrons. The predicted molar refractivity (Wildman–Crippen MR) is 67.6 cm³/mol. The Kier molecular flexibility index (Phi) is 2.89. The molecule has 1 aliphatic carbocycles. The summed E-state index contributed by atoms with van der Waals surface area (Å²) in [6, 6.07) is 7.98. The molecule has 2 rings (SSSR count). The Balaban J connectivity index is 2.50. The fraction of sp³-hybridized carbons (Fsp3) is 0.308. The molecule has 0 spiro atoms. The molecule has 1 atom stereocenters. The number of carboxylic acid groups (broad SMARTS) is 1. The van der Waals surface area contributed by atoms with Crippen molar-refractivity contribution >= 4 is 27.5 Å². The first kappa shape index (κ1) is 11.4. The number of aliphatic carboxylic acids is 1. The van der Waals surface area contributed by atoms with Crippen molar-refractivity contribution in [3.63, 3.8) is 0 Å². The number of alkyl halides is 1. The highest BCUT2D eigenvalue weighted by Crippen LogP contribution is 2.45. The van der Waals surface area contributed by atoms with E-state index < -0.39 is 10.3 Å². The van der Waals surface area contributed by atoms with Crippen LogP contribution < -0.4 is 0 Å². The third-order valence-corrected chi connectivity index (χ3v) is 4.03. The maximum absolute atomic E-state index is 10.9. The average molecular weight is 281 g/mol. The molecular formula is C13H13BrO2. The van der Waals surface area contributed by atoms with E-state index in [1.54, 1.807) is 0 Å². The lowest BCUT2D eigenvalue weighted by Gasteiger charge is -2.31. The van der Waals surface area contributed by atoms with E-state index in [4.69, 9.17) is 5.11 Å². The summed E-state index contributed by atoms with van der Waals surface area (Å²) in [4.78, 5) is 10.9. The Hall–Kier alpha value is -1.09. The van der Waals surface area contributed by atoms with Crippen LogP contribution in [0.25, 0.3) is 5.57 Å². The van der Waals surface area contributed by atoms with Crippen LogP contribution in [0.1, 0.15) is 30.9 Å². The molecule has 0 aromatic heterocycles. The van der Waals surface area contributed by atoms with Crippen molar-refractivity contribution in [3.05, 3.63) is 41.5 Å². The van der Waals surface area contributed by atoms with Gasteiger partial charge in [0.05, 0.1) is 10.7 Å². The molecule has 0 heterocycles. The maximum Gasteiger partial charge on any atom is 0.305 e. The molecular weight excluding hydrogens is 268 g/mol. The normalized spacial score (nSPS) is 23.5. The number of allylic oxidation sites excluding steroid dienone is 2. The molecule has 0 saturated heterocycles. The highest BCUT2D eigenvalue weighted by atomic mass is 79.9. The third-order valence-electron chi connectivity index (χ3n) is 3.00. The van der Waals surface area contributed by atoms with Crippen molar-refractivity contribution in [3.8, 4) is 0 Å². The molecule has 3 heteroatoms. The highest BCUT2D eigenvalue weighted by Gasteiger charge is 2.35. The van der Waals surface area contributed by atoms with E-state index in [9.17, 15) is 4.79 Å². The smallest absolute Gasteiger partial charge is 0.305 e. The molecule has 1 N–H and O–H groups in total. The van der Waals surface area contributed by atoms with Crippen molar-refractivity contribution in [1.29, 1.82) is 0 Å². The molecule has 2 nitrogen and oxygen atoms in total. The second kappa shape index (κ2) is 4.06. The van der Waals surface area contributed by atoms with Gasteiger partial charge >= 0.3 is 5.97 Å². The molecule has 0 aliphatic heterocycles. The Labute approximate surface area is 103 Å². The van der Waals surface area contributed by atoms with Crippen LogP contribution in [0.3, 0.4) is 0 Å². The van der Waals surface area contributed by atoms with Gasteiger partial charge in [0.1, 0.15) is 0 Å². The van der Waals surface area contributed by atoms with Crippen LogP contribution in [0, 0.1) is 0 Å². The van der Waals surface area contributed by atoms with E-state index in [0.717, 1.165) is 17.5 Å². The van der Waals surface area contributed by atoms with Gasteiger partial charge in [0.15, 0.2) is 0 Å². The van der Waals surface area contributed by atoms with Crippen LogP contribution in [0.5, 0.6) is 0 Å².